The van der Waals surface area contributed by atoms with Gasteiger partial charge in [0, 0.05) is 13.2 Å². The lowest BCUT2D eigenvalue weighted by Crippen LogP contribution is -2.49. The Morgan fingerprint density at radius 3 is 2.33 bits per heavy atom. The van der Waals surface area contributed by atoms with Gasteiger partial charge in [0.2, 0.25) is 0 Å². The maximum Gasteiger partial charge on any atom is 0.122 e. The molecule has 2 unspecified atom stereocenters. The molecule has 0 bridgehead atoms. The van der Waals surface area contributed by atoms with Crippen LogP contribution in [0.2, 0.25) is 0 Å². The minimum atomic E-state index is 0.0820. The van der Waals surface area contributed by atoms with E-state index in [4.69, 9.17) is 9.47 Å². The van der Waals surface area contributed by atoms with Gasteiger partial charge in [-0.3, -0.25) is 0 Å². The Kier molecular flexibility index (Phi) is 6.69. The fraction of sp³-hybridized carbons (Fsp3) is 0.667. The van der Waals surface area contributed by atoms with Gasteiger partial charge in [-0.05, 0) is 36.9 Å². The molecule has 3 nitrogen and oxygen atoms in total. The van der Waals surface area contributed by atoms with Gasteiger partial charge < -0.3 is 14.8 Å². The van der Waals surface area contributed by atoms with Crippen molar-refractivity contribution in [3.63, 3.8) is 0 Å². The molecular formula is C18H31NO2. The first-order chi connectivity index (χ1) is 9.83. The monoisotopic (exact) mass is 293 g/mol. The van der Waals surface area contributed by atoms with Crippen molar-refractivity contribution in [2.75, 3.05) is 20.8 Å². The minimum Gasteiger partial charge on any atom is -0.496 e. The Bertz CT molecular complexity index is 437. The molecule has 0 aromatic heterocycles. The SMILES string of the molecule is CCNC(Cc1cc(C)ccc1OC)C(OC)C(C)(C)C. The highest BCUT2D eigenvalue weighted by molar-refractivity contribution is 5.37. The minimum absolute atomic E-state index is 0.0820. The summed E-state index contributed by atoms with van der Waals surface area (Å²) in [6.07, 6.45) is 1.04. The van der Waals surface area contributed by atoms with Gasteiger partial charge in [-0.15, -0.1) is 0 Å². The smallest absolute Gasteiger partial charge is 0.122 e. The summed E-state index contributed by atoms with van der Waals surface area (Å²) in [5.74, 6) is 0.951. The van der Waals surface area contributed by atoms with E-state index in [9.17, 15) is 0 Å². The second kappa shape index (κ2) is 7.81. The van der Waals surface area contributed by atoms with Gasteiger partial charge in [0.25, 0.3) is 0 Å². The molecule has 0 fully saturated rings. The number of likely N-dealkylation sites (N-methyl/N-ethyl adjacent to an activating group) is 1. The molecule has 3 heteroatoms. The Morgan fingerprint density at radius 1 is 1.19 bits per heavy atom. The molecule has 0 radical (unpaired) electrons. The van der Waals surface area contributed by atoms with E-state index in [0.717, 1.165) is 18.7 Å². The van der Waals surface area contributed by atoms with Crippen molar-refractivity contribution in [3.05, 3.63) is 29.3 Å². The summed E-state index contributed by atoms with van der Waals surface area (Å²) < 4.78 is 11.3. The first kappa shape index (κ1) is 18.0. The van der Waals surface area contributed by atoms with E-state index in [1.807, 2.05) is 6.07 Å². The van der Waals surface area contributed by atoms with Crippen LogP contribution >= 0.6 is 0 Å². The number of benzene rings is 1. The lowest BCUT2D eigenvalue weighted by atomic mass is 9.82. The van der Waals surface area contributed by atoms with Gasteiger partial charge in [-0.1, -0.05) is 45.4 Å². The van der Waals surface area contributed by atoms with Crippen molar-refractivity contribution in [1.29, 1.82) is 0 Å². The van der Waals surface area contributed by atoms with Gasteiger partial charge in [-0.2, -0.15) is 0 Å². The van der Waals surface area contributed by atoms with Crippen molar-refractivity contribution >= 4 is 0 Å². The zero-order chi connectivity index (χ0) is 16.0. The summed E-state index contributed by atoms with van der Waals surface area (Å²) in [6.45, 7) is 11.8. The summed E-state index contributed by atoms with van der Waals surface area (Å²) >= 11 is 0. The first-order valence-corrected chi connectivity index (χ1v) is 7.73. The van der Waals surface area contributed by atoms with Crippen LogP contribution in [0.3, 0.4) is 0 Å². The number of hydrogen-bond acceptors (Lipinski definition) is 3. The van der Waals surface area contributed by atoms with Gasteiger partial charge >= 0.3 is 0 Å². The number of hydrogen-bond donors (Lipinski definition) is 1. The van der Waals surface area contributed by atoms with Crippen LogP contribution in [0.25, 0.3) is 0 Å². The Labute approximate surface area is 130 Å². The van der Waals surface area contributed by atoms with Crippen LogP contribution in [0.1, 0.15) is 38.8 Å². The molecule has 0 aliphatic rings. The largest absolute Gasteiger partial charge is 0.496 e. The van der Waals surface area contributed by atoms with Gasteiger partial charge in [0.15, 0.2) is 0 Å². The molecule has 1 N–H and O–H groups in total. The van der Waals surface area contributed by atoms with Crippen molar-refractivity contribution < 1.29 is 9.47 Å². The summed E-state index contributed by atoms with van der Waals surface area (Å²) in [6, 6.07) is 6.60. The molecule has 2 atom stereocenters. The molecule has 1 aromatic rings. The number of rotatable bonds is 7. The fourth-order valence-corrected chi connectivity index (χ4v) is 2.97. The van der Waals surface area contributed by atoms with Crippen LogP contribution in [0.4, 0.5) is 0 Å². The summed E-state index contributed by atoms with van der Waals surface area (Å²) in [5.41, 5.74) is 2.57. The van der Waals surface area contributed by atoms with Crippen LogP contribution in [0.15, 0.2) is 18.2 Å². The molecule has 0 saturated carbocycles. The van der Waals surface area contributed by atoms with Crippen LogP contribution < -0.4 is 10.1 Å². The van der Waals surface area contributed by atoms with E-state index in [0.29, 0.717) is 0 Å². The Balaban J connectivity index is 3.05. The topological polar surface area (TPSA) is 30.5 Å². The lowest BCUT2D eigenvalue weighted by molar-refractivity contribution is -0.0107. The van der Waals surface area contributed by atoms with Crippen molar-refractivity contribution in [2.24, 2.45) is 5.41 Å². The third kappa shape index (κ3) is 5.01. The zero-order valence-electron chi connectivity index (χ0n) is 14.6. The van der Waals surface area contributed by atoms with Crippen molar-refractivity contribution in [1.82, 2.24) is 5.32 Å². The van der Waals surface area contributed by atoms with Crippen molar-refractivity contribution in [3.8, 4) is 5.75 Å². The standard InChI is InChI=1S/C18H31NO2/c1-8-19-15(17(21-7)18(3,4)5)12-14-11-13(2)9-10-16(14)20-6/h9-11,15,17,19H,8,12H2,1-7H3. The molecular weight excluding hydrogens is 262 g/mol. The number of nitrogens with one attached hydrogen (secondary N) is 1. The molecule has 0 aliphatic carbocycles. The summed E-state index contributed by atoms with van der Waals surface area (Å²) in [7, 11) is 3.53. The molecule has 0 amide bonds. The van der Waals surface area contributed by atoms with E-state index >= 15 is 0 Å². The number of methoxy groups -OCH3 is 2. The predicted octanol–water partition coefficient (Wildman–Crippen LogP) is 3.59. The Hall–Kier alpha value is -1.06. The van der Waals surface area contributed by atoms with E-state index in [-0.39, 0.29) is 17.6 Å². The predicted molar refractivity (Wildman–Crippen MR) is 89.2 cm³/mol. The van der Waals surface area contributed by atoms with E-state index in [2.05, 4.69) is 52.1 Å². The maximum atomic E-state index is 5.80. The van der Waals surface area contributed by atoms with Gasteiger partial charge in [-0.25, -0.2) is 0 Å². The average Bonchev–Trinajstić information content (AvgIpc) is 2.38. The average molecular weight is 293 g/mol. The molecule has 21 heavy (non-hydrogen) atoms. The van der Waals surface area contributed by atoms with E-state index in [1.165, 1.54) is 11.1 Å². The molecule has 1 rings (SSSR count). The third-order valence-corrected chi connectivity index (χ3v) is 3.81. The highest BCUT2D eigenvalue weighted by Gasteiger charge is 2.32. The Morgan fingerprint density at radius 2 is 1.86 bits per heavy atom. The second-order valence-corrected chi connectivity index (χ2v) is 6.71. The number of ether oxygens (including phenoxy) is 2. The third-order valence-electron chi connectivity index (χ3n) is 3.81. The molecule has 0 aliphatic heterocycles. The van der Waals surface area contributed by atoms with Crippen LogP contribution in [-0.4, -0.2) is 32.9 Å². The molecule has 0 saturated heterocycles. The fourth-order valence-electron chi connectivity index (χ4n) is 2.97. The van der Waals surface area contributed by atoms with E-state index < -0.39 is 0 Å². The maximum absolute atomic E-state index is 5.80. The summed E-state index contributed by atoms with van der Waals surface area (Å²) in [5, 5.41) is 3.58. The molecule has 0 spiro atoms. The molecule has 0 heterocycles. The number of aryl methyl sites for hydroxylation is 1. The first-order valence-electron chi connectivity index (χ1n) is 7.73. The normalized spacial score (nSPS) is 14.8. The van der Waals surface area contributed by atoms with Crippen LogP contribution in [0.5, 0.6) is 5.75 Å². The summed E-state index contributed by atoms with van der Waals surface area (Å²) in [4.78, 5) is 0. The lowest BCUT2D eigenvalue weighted by Gasteiger charge is -2.36. The van der Waals surface area contributed by atoms with Crippen molar-refractivity contribution in [2.45, 2.75) is 53.2 Å². The zero-order valence-corrected chi connectivity index (χ0v) is 14.6. The highest BCUT2D eigenvalue weighted by atomic mass is 16.5. The van der Waals surface area contributed by atoms with E-state index in [1.54, 1.807) is 14.2 Å². The quantitative estimate of drug-likeness (QED) is 0.833. The van der Waals surface area contributed by atoms with Crippen LogP contribution in [0, 0.1) is 12.3 Å². The second-order valence-electron chi connectivity index (χ2n) is 6.71. The van der Waals surface area contributed by atoms with Gasteiger partial charge in [0.05, 0.1) is 13.2 Å². The van der Waals surface area contributed by atoms with Gasteiger partial charge in [0.1, 0.15) is 5.75 Å². The van der Waals surface area contributed by atoms with Crippen LogP contribution in [-0.2, 0) is 11.2 Å². The molecule has 120 valence electrons. The highest BCUT2D eigenvalue weighted by Crippen LogP contribution is 2.28. The molecule has 1 aromatic carbocycles.